The molecule has 0 saturated carbocycles. The van der Waals surface area contributed by atoms with Gasteiger partial charge in [0.2, 0.25) is 0 Å². The molecule has 43 heavy (non-hydrogen) atoms. The highest BCUT2D eigenvalue weighted by Crippen LogP contribution is 2.42. The summed E-state index contributed by atoms with van der Waals surface area (Å²) in [4.78, 5) is 42.4. The fourth-order valence-electron chi connectivity index (χ4n) is 4.28. The van der Waals surface area contributed by atoms with Crippen molar-refractivity contribution in [1.82, 2.24) is 4.90 Å². The molecule has 2 aliphatic rings. The maximum absolute atomic E-state index is 13.4. The number of aryl methyl sites for hydroxylation is 1. The fraction of sp³-hybridized carbons (Fsp3) is 0.207. The molecule has 1 saturated heterocycles. The SMILES string of the molecule is CC(OS(=O)(=O)c1ccc(C)cc1)=C(C(=O)OCc1ccc([N+](=O)[O-])cc1)N1C(=O)C2N=C(COc3ccccc3)SC21. The number of allylic oxidation sites excluding steroid dienone is 1. The first kappa shape index (κ1) is 29.8. The first-order valence-electron chi connectivity index (χ1n) is 12.9. The van der Waals surface area contributed by atoms with Gasteiger partial charge < -0.3 is 13.7 Å². The van der Waals surface area contributed by atoms with Crippen molar-refractivity contribution in [3.8, 4) is 5.75 Å². The zero-order valence-electron chi connectivity index (χ0n) is 22.9. The van der Waals surface area contributed by atoms with Gasteiger partial charge in [-0.1, -0.05) is 47.7 Å². The van der Waals surface area contributed by atoms with Crippen LogP contribution in [0.3, 0.4) is 0 Å². The Morgan fingerprint density at radius 2 is 1.70 bits per heavy atom. The van der Waals surface area contributed by atoms with Crippen LogP contribution in [0.4, 0.5) is 5.69 Å². The average Bonchev–Trinajstić information content (AvgIpc) is 3.37. The molecule has 5 rings (SSSR count). The minimum absolute atomic E-state index is 0.101. The van der Waals surface area contributed by atoms with Gasteiger partial charge in [0.15, 0.2) is 11.7 Å². The van der Waals surface area contributed by atoms with Gasteiger partial charge in [-0.15, -0.1) is 0 Å². The number of benzene rings is 3. The maximum Gasteiger partial charge on any atom is 0.359 e. The maximum atomic E-state index is 13.4. The minimum Gasteiger partial charge on any atom is -0.487 e. The van der Waals surface area contributed by atoms with E-state index in [1.165, 1.54) is 55.1 Å². The van der Waals surface area contributed by atoms with E-state index in [9.17, 15) is 28.1 Å². The monoisotopic (exact) mass is 623 g/mol. The van der Waals surface area contributed by atoms with Gasteiger partial charge in [0.25, 0.3) is 11.6 Å². The number of amides is 1. The summed E-state index contributed by atoms with van der Waals surface area (Å²) >= 11 is 1.21. The molecular formula is C29H25N3O9S2. The van der Waals surface area contributed by atoms with Crippen LogP contribution in [0.2, 0.25) is 0 Å². The Balaban J connectivity index is 1.37. The van der Waals surface area contributed by atoms with Crippen LogP contribution in [-0.2, 0) is 35.2 Å². The van der Waals surface area contributed by atoms with Gasteiger partial charge in [0, 0.05) is 12.1 Å². The molecule has 1 fully saturated rings. The highest BCUT2D eigenvalue weighted by molar-refractivity contribution is 8.15. The lowest BCUT2D eigenvalue weighted by molar-refractivity contribution is -0.384. The molecule has 1 amide bonds. The number of β-lactam (4-membered cyclic amide) rings is 1. The summed E-state index contributed by atoms with van der Waals surface area (Å²) in [6.07, 6.45) is 0. The number of hydrogen-bond acceptors (Lipinski definition) is 11. The third kappa shape index (κ3) is 6.54. The molecule has 2 unspecified atom stereocenters. The van der Waals surface area contributed by atoms with Crippen molar-refractivity contribution in [3.63, 3.8) is 0 Å². The molecule has 2 atom stereocenters. The molecular weight excluding hydrogens is 598 g/mol. The number of nitrogens with zero attached hydrogens (tertiary/aromatic N) is 3. The van der Waals surface area contributed by atoms with Gasteiger partial charge in [-0.3, -0.25) is 24.8 Å². The van der Waals surface area contributed by atoms with Gasteiger partial charge >= 0.3 is 16.1 Å². The molecule has 222 valence electrons. The molecule has 0 aromatic heterocycles. The van der Waals surface area contributed by atoms with E-state index < -0.39 is 44.0 Å². The van der Waals surface area contributed by atoms with E-state index in [0.717, 1.165) is 10.5 Å². The van der Waals surface area contributed by atoms with E-state index in [1.54, 1.807) is 31.2 Å². The predicted octanol–water partition coefficient (Wildman–Crippen LogP) is 4.34. The summed E-state index contributed by atoms with van der Waals surface area (Å²) in [6.45, 7) is 2.86. The number of ether oxygens (including phenoxy) is 2. The number of fused-ring (bicyclic) bond motifs is 1. The number of non-ortho nitro benzene ring substituents is 1. The lowest BCUT2D eigenvalue weighted by atomic mass is 10.1. The van der Waals surface area contributed by atoms with E-state index in [1.807, 2.05) is 18.2 Å². The van der Waals surface area contributed by atoms with E-state index >= 15 is 0 Å². The molecule has 0 N–H and O–H groups in total. The fourth-order valence-corrected chi connectivity index (χ4v) is 6.46. The minimum atomic E-state index is -4.36. The summed E-state index contributed by atoms with van der Waals surface area (Å²) in [5.41, 5.74) is 0.751. The molecule has 0 bridgehead atoms. The quantitative estimate of drug-likeness (QED) is 0.0573. The molecule has 0 aliphatic carbocycles. The Kier molecular flexibility index (Phi) is 8.50. The molecule has 3 aromatic rings. The molecule has 2 aliphatic heterocycles. The van der Waals surface area contributed by atoms with Crippen LogP contribution in [0.15, 0.2) is 100 Å². The highest BCUT2D eigenvalue weighted by Gasteiger charge is 2.56. The summed E-state index contributed by atoms with van der Waals surface area (Å²) in [5, 5.41) is 10.8. The topological polar surface area (TPSA) is 155 Å². The number of rotatable bonds is 11. The largest absolute Gasteiger partial charge is 0.487 e. The first-order valence-corrected chi connectivity index (χ1v) is 15.2. The number of esters is 1. The number of carbonyl (C=O) groups excluding carboxylic acids is 2. The second kappa shape index (κ2) is 12.3. The van der Waals surface area contributed by atoms with Crippen LogP contribution in [0.1, 0.15) is 18.1 Å². The Bertz CT molecular complexity index is 1720. The van der Waals surface area contributed by atoms with Crippen LogP contribution in [0.5, 0.6) is 5.75 Å². The molecule has 14 heteroatoms. The predicted molar refractivity (Wildman–Crippen MR) is 156 cm³/mol. The van der Waals surface area contributed by atoms with Crippen LogP contribution in [-0.4, -0.2) is 53.2 Å². The Morgan fingerprint density at radius 3 is 2.35 bits per heavy atom. The standard InChI is InChI=1S/C29H25N3O9S2/c1-18-8-14-23(15-9-18)43(37,38)41-19(2)26(29(34)40-16-20-10-12-21(13-11-20)32(35)36)31-27(33)25-28(31)42-24(30-25)17-39-22-6-4-3-5-7-22/h3-15,25,28H,16-17H2,1-2H3. The number of thioether (sulfide) groups is 1. The third-order valence-electron chi connectivity index (χ3n) is 6.49. The van der Waals surface area contributed by atoms with Crippen molar-refractivity contribution >= 4 is 44.5 Å². The van der Waals surface area contributed by atoms with Crippen LogP contribution < -0.4 is 4.74 Å². The summed E-state index contributed by atoms with van der Waals surface area (Å²) in [7, 11) is -4.36. The smallest absolute Gasteiger partial charge is 0.359 e. The number of likely N-dealkylation sites (tertiary alicyclic amines) is 1. The number of para-hydroxylation sites is 1. The van der Waals surface area contributed by atoms with Crippen molar-refractivity contribution in [2.45, 2.75) is 36.8 Å². The summed E-state index contributed by atoms with van der Waals surface area (Å²) in [6, 6.07) is 19.6. The lowest BCUT2D eigenvalue weighted by Gasteiger charge is -2.41. The van der Waals surface area contributed by atoms with E-state index in [0.29, 0.717) is 16.4 Å². The number of carbonyl (C=O) groups is 2. The van der Waals surface area contributed by atoms with E-state index in [4.69, 9.17) is 13.7 Å². The second-order valence-corrected chi connectivity index (χ2v) is 12.3. The zero-order valence-corrected chi connectivity index (χ0v) is 24.5. The molecule has 0 spiro atoms. The Morgan fingerprint density at radius 1 is 1.02 bits per heavy atom. The number of hydrogen-bond donors (Lipinski definition) is 0. The summed E-state index contributed by atoms with van der Waals surface area (Å²) < 4.78 is 42.6. The van der Waals surface area contributed by atoms with Gasteiger partial charge in [0.1, 0.15) is 40.0 Å². The number of aliphatic imine (C=N–C) groups is 1. The summed E-state index contributed by atoms with van der Waals surface area (Å²) in [5.74, 6) is -1.30. The molecule has 3 aromatic carbocycles. The number of nitro groups is 1. The molecule has 0 radical (unpaired) electrons. The molecule has 12 nitrogen and oxygen atoms in total. The molecule has 2 heterocycles. The third-order valence-corrected chi connectivity index (χ3v) is 9.01. The Labute approximate surface area is 251 Å². The van der Waals surface area contributed by atoms with Crippen LogP contribution in [0.25, 0.3) is 0 Å². The lowest BCUT2D eigenvalue weighted by Crippen LogP contribution is -2.61. The van der Waals surface area contributed by atoms with E-state index in [2.05, 4.69) is 4.99 Å². The van der Waals surface area contributed by atoms with Crippen molar-refractivity contribution < 1.29 is 36.6 Å². The number of nitro benzene ring substituents is 1. The zero-order chi connectivity index (χ0) is 30.7. The Hall–Kier alpha value is -4.69. The first-order chi connectivity index (χ1) is 20.5. The van der Waals surface area contributed by atoms with Crippen molar-refractivity contribution in [2.75, 3.05) is 6.61 Å². The van der Waals surface area contributed by atoms with Crippen molar-refractivity contribution in [2.24, 2.45) is 4.99 Å². The van der Waals surface area contributed by atoms with Crippen molar-refractivity contribution in [1.29, 1.82) is 0 Å². The van der Waals surface area contributed by atoms with Crippen molar-refractivity contribution in [3.05, 3.63) is 112 Å². The van der Waals surface area contributed by atoms with Gasteiger partial charge in [-0.05, 0) is 55.8 Å². The van der Waals surface area contributed by atoms with Gasteiger partial charge in [0.05, 0.1) is 4.92 Å². The average molecular weight is 624 g/mol. The van der Waals surface area contributed by atoms with Gasteiger partial charge in [-0.25, -0.2) is 4.79 Å². The van der Waals surface area contributed by atoms with E-state index in [-0.39, 0.29) is 29.6 Å². The normalized spacial score (nSPS) is 18.1. The highest BCUT2D eigenvalue weighted by atomic mass is 32.2. The van der Waals surface area contributed by atoms with Gasteiger partial charge in [-0.2, -0.15) is 8.42 Å². The van der Waals surface area contributed by atoms with Crippen LogP contribution >= 0.6 is 11.8 Å². The van der Waals surface area contributed by atoms with Crippen LogP contribution in [0, 0.1) is 17.0 Å². The second-order valence-electron chi connectivity index (χ2n) is 9.54.